The Bertz CT molecular complexity index is 542. The van der Waals surface area contributed by atoms with Crippen LogP contribution < -0.4 is 5.32 Å². The number of nitrogens with one attached hydrogen (secondary N) is 1. The molecule has 6 nitrogen and oxygen atoms in total. The number of ether oxygens (including phenoxy) is 1. The summed E-state index contributed by atoms with van der Waals surface area (Å²) in [6.45, 7) is 8.91. The molecule has 1 aromatic rings. The Hall–Kier alpha value is -1.92. The number of carbonyl (C=O) groups is 2. The van der Waals surface area contributed by atoms with E-state index in [1.54, 1.807) is 6.92 Å². The van der Waals surface area contributed by atoms with Crippen LogP contribution in [0.2, 0.25) is 0 Å². The van der Waals surface area contributed by atoms with Crippen molar-refractivity contribution in [3.8, 4) is 0 Å². The molecule has 0 bridgehead atoms. The van der Waals surface area contributed by atoms with E-state index in [0.717, 1.165) is 39.3 Å². The highest BCUT2D eigenvalue weighted by molar-refractivity contribution is 5.76. The Balaban J connectivity index is 1.52. The van der Waals surface area contributed by atoms with Crippen molar-refractivity contribution in [1.29, 1.82) is 0 Å². The molecule has 144 valence electrons. The molecule has 1 saturated heterocycles. The number of hydrogen-bond donors (Lipinski definition) is 1. The van der Waals surface area contributed by atoms with Gasteiger partial charge in [-0.05, 0) is 18.9 Å². The summed E-state index contributed by atoms with van der Waals surface area (Å²) in [6, 6.07) is 10.6. The molecule has 1 aromatic carbocycles. The fourth-order valence-corrected chi connectivity index (χ4v) is 3.08. The SMILES string of the molecule is CCOC(=O)CCCC(=O)NCCN1CCN(Cc2ccccc2)CC1. The molecule has 1 aliphatic rings. The maximum atomic E-state index is 11.8. The first-order valence-electron chi connectivity index (χ1n) is 9.58. The molecule has 0 radical (unpaired) electrons. The Kier molecular flexibility index (Phi) is 9.14. The van der Waals surface area contributed by atoms with Crippen LogP contribution in [0.15, 0.2) is 30.3 Å². The van der Waals surface area contributed by atoms with E-state index in [2.05, 4.69) is 39.4 Å². The lowest BCUT2D eigenvalue weighted by molar-refractivity contribution is -0.143. The summed E-state index contributed by atoms with van der Waals surface area (Å²) >= 11 is 0. The Morgan fingerprint density at radius 2 is 1.73 bits per heavy atom. The molecule has 1 fully saturated rings. The van der Waals surface area contributed by atoms with Crippen LogP contribution in [0, 0.1) is 0 Å². The minimum Gasteiger partial charge on any atom is -0.466 e. The smallest absolute Gasteiger partial charge is 0.305 e. The molecule has 1 amide bonds. The largest absolute Gasteiger partial charge is 0.466 e. The van der Waals surface area contributed by atoms with Gasteiger partial charge in [0.25, 0.3) is 0 Å². The van der Waals surface area contributed by atoms with Crippen molar-refractivity contribution in [2.45, 2.75) is 32.7 Å². The average molecular weight is 361 g/mol. The highest BCUT2D eigenvalue weighted by Gasteiger charge is 2.16. The van der Waals surface area contributed by atoms with E-state index in [9.17, 15) is 9.59 Å². The fourth-order valence-electron chi connectivity index (χ4n) is 3.08. The zero-order chi connectivity index (χ0) is 18.6. The highest BCUT2D eigenvalue weighted by atomic mass is 16.5. The molecule has 1 heterocycles. The number of rotatable bonds is 10. The van der Waals surface area contributed by atoms with Crippen molar-refractivity contribution in [3.05, 3.63) is 35.9 Å². The maximum Gasteiger partial charge on any atom is 0.305 e. The van der Waals surface area contributed by atoms with Crippen LogP contribution in [0.3, 0.4) is 0 Å². The molecule has 0 spiro atoms. The Labute approximate surface area is 156 Å². The lowest BCUT2D eigenvalue weighted by Crippen LogP contribution is -2.48. The van der Waals surface area contributed by atoms with Gasteiger partial charge in [-0.25, -0.2) is 0 Å². The second kappa shape index (κ2) is 11.6. The summed E-state index contributed by atoms with van der Waals surface area (Å²) in [7, 11) is 0. The molecule has 2 rings (SSSR count). The first-order chi connectivity index (χ1) is 12.7. The monoisotopic (exact) mass is 361 g/mol. The van der Waals surface area contributed by atoms with Gasteiger partial charge >= 0.3 is 5.97 Å². The van der Waals surface area contributed by atoms with Crippen molar-refractivity contribution in [3.63, 3.8) is 0 Å². The quantitative estimate of drug-likeness (QED) is 0.642. The second-order valence-electron chi connectivity index (χ2n) is 6.61. The van der Waals surface area contributed by atoms with Crippen molar-refractivity contribution < 1.29 is 14.3 Å². The summed E-state index contributed by atoms with van der Waals surface area (Å²) in [5.74, 6) is -0.217. The summed E-state index contributed by atoms with van der Waals surface area (Å²) in [5, 5.41) is 2.94. The van der Waals surface area contributed by atoms with Gasteiger partial charge in [-0.3, -0.25) is 19.4 Å². The zero-order valence-corrected chi connectivity index (χ0v) is 15.8. The van der Waals surface area contributed by atoms with E-state index in [-0.39, 0.29) is 11.9 Å². The Morgan fingerprint density at radius 1 is 1.04 bits per heavy atom. The van der Waals surface area contributed by atoms with Crippen molar-refractivity contribution in [2.75, 3.05) is 45.9 Å². The normalized spacial score (nSPS) is 15.6. The number of carbonyl (C=O) groups excluding carboxylic acids is 2. The number of amides is 1. The molecule has 1 N–H and O–H groups in total. The van der Waals surface area contributed by atoms with Gasteiger partial charge in [0.2, 0.25) is 5.91 Å². The molecule has 0 unspecified atom stereocenters. The topological polar surface area (TPSA) is 61.9 Å². The molecule has 1 aliphatic heterocycles. The second-order valence-corrected chi connectivity index (χ2v) is 6.61. The van der Waals surface area contributed by atoms with E-state index >= 15 is 0 Å². The minimum absolute atomic E-state index is 0.0111. The number of benzene rings is 1. The van der Waals surface area contributed by atoms with Gasteiger partial charge in [0.05, 0.1) is 6.61 Å². The molecule has 0 saturated carbocycles. The third kappa shape index (κ3) is 7.97. The van der Waals surface area contributed by atoms with Crippen LogP contribution in [-0.2, 0) is 20.9 Å². The summed E-state index contributed by atoms with van der Waals surface area (Å²) in [6.07, 6.45) is 1.23. The zero-order valence-electron chi connectivity index (χ0n) is 15.8. The highest BCUT2D eigenvalue weighted by Crippen LogP contribution is 2.08. The minimum atomic E-state index is -0.228. The van der Waals surface area contributed by atoms with Gasteiger partial charge in [0, 0.05) is 58.7 Å². The average Bonchev–Trinajstić information content (AvgIpc) is 2.64. The third-order valence-corrected chi connectivity index (χ3v) is 4.55. The molecule has 0 atom stereocenters. The molecular formula is C20H31N3O3. The summed E-state index contributed by atoms with van der Waals surface area (Å²) in [4.78, 5) is 27.9. The van der Waals surface area contributed by atoms with Crippen LogP contribution in [-0.4, -0.2) is 67.6 Å². The van der Waals surface area contributed by atoms with Crippen LogP contribution in [0.25, 0.3) is 0 Å². The van der Waals surface area contributed by atoms with E-state index < -0.39 is 0 Å². The number of piperazine rings is 1. The van der Waals surface area contributed by atoms with E-state index in [1.165, 1.54) is 5.56 Å². The van der Waals surface area contributed by atoms with Crippen molar-refractivity contribution in [1.82, 2.24) is 15.1 Å². The van der Waals surface area contributed by atoms with Gasteiger partial charge in [-0.1, -0.05) is 30.3 Å². The summed E-state index contributed by atoms with van der Waals surface area (Å²) < 4.78 is 4.85. The standard InChI is InChI=1S/C20H31N3O3/c1-2-26-20(25)10-6-9-19(24)21-11-12-22-13-15-23(16-14-22)17-18-7-4-3-5-8-18/h3-5,7-8H,2,6,9-17H2,1H3,(H,21,24). The van der Waals surface area contributed by atoms with Gasteiger partial charge in [-0.15, -0.1) is 0 Å². The predicted molar refractivity (Wildman–Crippen MR) is 102 cm³/mol. The lowest BCUT2D eigenvalue weighted by atomic mass is 10.2. The van der Waals surface area contributed by atoms with Crippen LogP contribution in [0.1, 0.15) is 31.7 Å². The maximum absolute atomic E-state index is 11.8. The van der Waals surface area contributed by atoms with Gasteiger partial charge < -0.3 is 10.1 Å². The molecule has 0 aromatic heterocycles. The van der Waals surface area contributed by atoms with Gasteiger partial charge in [0.1, 0.15) is 0 Å². The van der Waals surface area contributed by atoms with E-state index in [4.69, 9.17) is 4.74 Å². The van der Waals surface area contributed by atoms with Crippen LogP contribution >= 0.6 is 0 Å². The molecule has 26 heavy (non-hydrogen) atoms. The molecular weight excluding hydrogens is 330 g/mol. The van der Waals surface area contributed by atoms with Crippen LogP contribution in [0.4, 0.5) is 0 Å². The first-order valence-corrected chi connectivity index (χ1v) is 9.58. The predicted octanol–water partition coefficient (Wildman–Crippen LogP) is 1.65. The summed E-state index contributed by atoms with van der Waals surface area (Å²) in [5.41, 5.74) is 1.36. The first kappa shape index (κ1) is 20.4. The van der Waals surface area contributed by atoms with Crippen molar-refractivity contribution >= 4 is 11.9 Å². The van der Waals surface area contributed by atoms with Crippen molar-refractivity contribution in [2.24, 2.45) is 0 Å². The fraction of sp³-hybridized carbons (Fsp3) is 0.600. The van der Waals surface area contributed by atoms with Gasteiger partial charge in [0.15, 0.2) is 0 Å². The number of nitrogens with zero attached hydrogens (tertiary/aromatic N) is 2. The lowest BCUT2D eigenvalue weighted by Gasteiger charge is -2.34. The number of hydrogen-bond acceptors (Lipinski definition) is 5. The van der Waals surface area contributed by atoms with Gasteiger partial charge in [-0.2, -0.15) is 0 Å². The Morgan fingerprint density at radius 3 is 2.42 bits per heavy atom. The third-order valence-electron chi connectivity index (χ3n) is 4.55. The van der Waals surface area contributed by atoms with Crippen LogP contribution in [0.5, 0.6) is 0 Å². The molecule has 0 aliphatic carbocycles. The van der Waals surface area contributed by atoms with E-state index in [0.29, 0.717) is 32.4 Å². The van der Waals surface area contributed by atoms with E-state index in [1.807, 2.05) is 6.07 Å². The number of esters is 1. The molecule has 6 heteroatoms.